The van der Waals surface area contributed by atoms with Crippen molar-refractivity contribution in [1.82, 2.24) is 5.32 Å². The Bertz CT molecular complexity index is 533. The molecule has 0 spiro atoms. The molecule has 0 aliphatic carbocycles. The standard InChI is InChI=1S/C19H25NO/c1-14(2)16-9-11-17(12-10-16)15(3)20-19(13-21)18-7-5-4-6-8-18/h4-12,14-15,19-21H,13H2,1-3H3/t15?,19-/m1/s1. The van der Waals surface area contributed by atoms with Crippen molar-refractivity contribution in [2.75, 3.05) is 6.61 Å². The fourth-order valence-electron chi connectivity index (χ4n) is 2.51. The first-order valence-corrected chi connectivity index (χ1v) is 7.63. The molecule has 2 aromatic carbocycles. The smallest absolute Gasteiger partial charge is 0.0626 e. The van der Waals surface area contributed by atoms with Gasteiger partial charge in [0.15, 0.2) is 0 Å². The van der Waals surface area contributed by atoms with Gasteiger partial charge < -0.3 is 10.4 Å². The number of hydrogen-bond acceptors (Lipinski definition) is 2. The van der Waals surface area contributed by atoms with Crippen LogP contribution in [0.2, 0.25) is 0 Å². The molecule has 0 saturated heterocycles. The molecule has 2 N–H and O–H groups in total. The van der Waals surface area contributed by atoms with E-state index in [2.05, 4.69) is 50.4 Å². The van der Waals surface area contributed by atoms with E-state index in [1.807, 2.05) is 30.3 Å². The second-order valence-corrected chi connectivity index (χ2v) is 5.86. The van der Waals surface area contributed by atoms with E-state index in [9.17, 15) is 5.11 Å². The van der Waals surface area contributed by atoms with Gasteiger partial charge in [0.2, 0.25) is 0 Å². The molecule has 0 saturated carbocycles. The zero-order chi connectivity index (χ0) is 15.2. The largest absolute Gasteiger partial charge is 0.394 e. The quantitative estimate of drug-likeness (QED) is 0.833. The first-order valence-electron chi connectivity index (χ1n) is 7.63. The van der Waals surface area contributed by atoms with Gasteiger partial charge in [-0.25, -0.2) is 0 Å². The summed E-state index contributed by atoms with van der Waals surface area (Å²) in [4.78, 5) is 0. The van der Waals surface area contributed by atoms with Crippen LogP contribution in [-0.2, 0) is 0 Å². The lowest BCUT2D eigenvalue weighted by Crippen LogP contribution is -2.27. The summed E-state index contributed by atoms with van der Waals surface area (Å²) in [5, 5.41) is 13.1. The Labute approximate surface area is 127 Å². The molecule has 2 aromatic rings. The third kappa shape index (κ3) is 4.16. The average Bonchev–Trinajstić information content (AvgIpc) is 2.53. The lowest BCUT2D eigenvalue weighted by molar-refractivity contribution is 0.235. The molecular weight excluding hydrogens is 258 g/mol. The summed E-state index contributed by atoms with van der Waals surface area (Å²) < 4.78 is 0. The first kappa shape index (κ1) is 15.7. The van der Waals surface area contributed by atoms with Gasteiger partial charge in [0, 0.05) is 6.04 Å². The molecule has 0 amide bonds. The number of benzene rings is 2. The minimum Gasteiger partial charge on any atom is -0.394 e. The van der Waals surface area contributed by atoms with E-state index >= 15 is 0 Å². The predicted octanol–water partition coefficient (Wildman–Crippen LogP) is 4.19. The molecule has 2 rings (SSSR count). The van der Waals surface area contributed by atoms with Crippen molar-refractivity contribution < 1.29 is 5.11 Å². The Morgan fingerprint density at radius 3 is 1.90 bits per heavy atom. The summed E-state index contributed by atoms with van der Waals surface area (Å²) in [6.07, 6.45) is 0. The SMILES string of the molecule is CC(C)c1ccc(C(C)N[C@H](CO)c2ccccc2)cc1. The molecule has 2 heteroatoms. The van der Waals surface area contributed by atoms with Gasteiger partial charge in [-0.15, -0.1) is 0 Å². The fraction of sp³-hybridized carbons (Fsp3) is 0.368. The van der Waals surface area contributed by atoms with Crippen molar-refractivity contribution in [2.24, 2.45) is 0 Å². The number of rotatable bonds is 6. The monoisotopic (exact) mass is 283 g/mol. The summed E-state index contributed by atoms with van der Waals surface area (Å²) in [6.45, 7) is 6.64. The average molecular weight is 283 g/mol. The van der Waals surface area contributed by atoms with Gasteiger partial charge >= 0.3 is 0 Å². The minimum absolute atomic E-state index is 0.0361. The zero-order valence-corrected chi connectivity index (χ0v) is 13.1. The summed E-state index contributed by atoms with van der Waals surface area (Å²) in [5.74, 6) is 0.553. The maximum atomic E-state index is 9.63. The van der Waals surface area contributed by atoms with E-state index in [-0.39, 0.29) is 18.7 Å². The van der Waals surface area contributed by atoms with Crippen LogP contribution < -0.4 is 5.32 Å². The normalized spacial score (nSPS) is 14.1. The van der Waals surface area contributed by atoms with Crippen LogP contribution in [0.4, 0.5) is 0 Å². The van der Waals surface area contributed by atoms with Crippen molar-refractivity contribution in [3.63, 3.8) is 0 Å². The number of aliphatic hydroxyl groups is 1. The van der Waals surface area contributed by atoms with Gasteiger partial charge in [-0.05, 0) is 29.5 Å². The van der Waals surface area contributed by atoms with E-state index in [1.54, 1.807) is 0 Å². The highest BCUT2D eigenvalue weighted by Crippen LogP contribution is 2.21. The lowest BCUT2D eigenvalue weighted by Gasteiger charge is -2.23. The fourth-order valence-corrected chi connectivity index (χ4v) is 2.51. The molecule has 0 aliphatic rings. The molecule has 112 valence electrons. The van der Waals surface area contributed by atoms with Crippen LogP contribution in [-0.4, -0.2) is 11.7 Å². The van der Waals surface area contributed by atoms with Crippen molar-refractivity contribution in [1.29, 1.82) is 0 Å². The number of hydrogen-bond donors (Lipinski definition) is 2. The number of aliphatic hydroxyl groups excluding tert-OH is 1. The van der Waals surface area contributed by atoms with E-state index in [1.165, 1.54) is 11.1 Å². The third-order valence-electron chi connectivity index (χ3n) is 3.94. The molecule has 0 bridgehead atoms. The van der Waals surface area contributed by atoms with Gasteiger partial charge in [0.25, 0.3) is 0 Å². The van der Waals surface area contributed by atoms with Crippen LogP contribution in [0.15, 0.2) is 54.6 Å². The summed E-state index contributed by atoms with van der Waals surface area (Å²) >= 11 is 0. The molecule has 0 radical (unpaired) electrons. The first-order chi connectivity index (χ1) is 10.1. The van der Waals surface area contributed by atoms with Gasteiger partial charge in [0.05, 0.1) is 12.6 Å². The summed E-state index contributed by atoms with van der Waals surface area (Å²) in [7, 11) is 0. The Morgan fingerprint density at radius 1 is 0.810 bits per heavy atom. The van der Waals surface area contributed by atoms with Crippen LogP contribution in [0.5, 0.6) is 0 Å². The van der Waals surface area contributed by atoms with Crippen molar-refractivity contribution >= 4 is 0 Å². The van der Waals surface area contributed by atoms with Crippen molar-refractivity contribution in [3.8, 4) is 0 Å². The summed E-state index contributed by atoms with van der Waals surface area (Å²) in [5.41, 5.74) is 3.71. The van der Waals surface area contributed by atoms with Crippen LogP contribution >= 0.6 is 0 Å². The maximum Gasteiger partial charge on any atom is 0.0626 e. The Balaban J connectivity index is 2.07. The van der Waals surface area contributed by atoms with E-state index in [4.69, 9.17) is 0 Å². The van der Waals surface area contributed by atoms with Crippen LogP contribution in [0.3, 0.4) is 0 Å². The van der Waals surface area contributed by atoms with E-state index in [0.29, 0.717) is 5.92 Å². The molecule has 0 fully saturated rings. The van der Waals surface area contributed by atoms with Crippen molar-refractivity contribution in [2.45, 2.75) is 38.8 Å². The third-order valence-corrected chi connectivity index (χ3v) is 3.94. The Morgan fingerprint density at radius 2 is 1.38 bits per heavy atom. The van der Waals surface area contributed by atoms with E-state index in [0.717, 1.165) is 5.56 Å². The van der Waals surface area contributed by atoms with Crippen LogP contribution in [0, 0.1) is 0 Å². The molecule has 1 unspecified atom stereocenters. The van der Waals surface area contributed by atoms with Gasteiger partial charge in [-0.2, -0.15) is 0 Å². The molecule has 0 aromatic heterocycles. The molecule has 2 atom stereocenters. The second kappa shape index (κ2) is 7.39. The van der Waals surface area contributed by atoms with Gasteiger partial charge in [0.1, 0.15) is 0 Å². The second-order valence-electron chi connectivity index (χ2n) is 5.86. The molecule has 0 aliphatic heterocycles. The summed E-state index contributed by atoms with van der Waals surface area (Å²) in [6, 6.07) is 19.0. The zero-order valence-electron chi connectivity index (χ0n) is 13.1. The Hall–Kier alpha value is -1.64. The van der Waals surface area contributed by atoms with Crippen LogP contribution in [0.25, 0.3) is 0 Å². The molecule has 21 heavy (non-hydrogen) atoms. The van der Waals surface area contributed by atoms with Crippen molar-refractivity contribution in [3.05, 3.63) is 71.3 Å². The number of nitrogens with one attached hydrogen (secondary N) is 1. The predicted molar refractivity (Wildman–Crippen MR) is 88.4 cm³/mol. The minimum atomic E-state index is -0.0361. The highest BCUT2D eigenvalue weighted by Gasteiger charge is 2.14. The van der Waals surface area contributed by atoms with Crippen LogP contribution in [0.1, 0.15) is 55.5 Å². The van der Waals surface area contributed by atoms with Gasteiger partial charge in [-0.1, -0.05) is 68.4 Å². The molecule has 0 heterocycles. The molecular formula is C19H25NO. The van der Waals surface area contributed by atoms with E-state index < -0.39 is 0 Å². The molecule has 2 nitrogen and oxygen atoms in total. The maximum absolute atomic E-state index is 9.63. The van der Waals surface area contributed by atoms with Gasteiger partial charge in [-0.3, -0.25) is 0 Å². The highest BCUT2D eigenvalue weighted by molar-refractivity contribution is 5.27. The lowest BCUT2D eigenvalue weighted by atomic mass is 9.98. The topological polar surface area (TPSA) is 32.3 Å². The highest BCUT2D eigenvalue weighted by atomic mass is 16.3. The Kier molecular flexibility index (Phi) is 5.54.